The van der Waals surface area contributed by atoms with Gasteiger partial charge in [-0.2, -0.15) is 0 Å². The molecular formula is C13H23N3O. The van der Waals surface area contributed by atoms with Crippen LogP contribution in [-0.2, 0) is 18.4 Å². The van der Waals surface area contributed by atoms with Crippen molar-refractivity contribution in [3.63, 3.8) is 0 Å². The molecule has 0 saturated heterocycles. The van der Waals surface area contributed by atoms with E-state index in [0.29, 0.717) is 6.54 Å². The number of aromatic nitrogens is 1. The van der Waals surface area contributed by atoms with Crippen LogP contribution in [0.3, 0.4) is 0 Å². The summed E-state index contributed by atoms with van der Waals surface area (Å²) in [6.07, 6.45) is 0. The number of primary amides is 1. The fourth-order valence-electron chi connectivity index (χ4n) is 1.71. The van der Waals surface area contributed by atoms with Crippen molar-refractivity contribution in [2.75, 3.05) is 6.54 Å². The molecule has 0 fully saturated rings. The lowest BCUT2D eigenvalue weighted by Crippen LogP contribution is -2.40. The standard InChI is InChI=1S/C13H23N3O/c1-9-6-11(10(2)16(9)5)7-15-8-13(3,4)12(14)17/h6,15H,7-8H2,1-5H3,(H2,14,17). The van der Waals surface area contributed by atoms with Crippen LogP contribution >= 0.6 is 0 Å². The highest BCUT2D eigenvalue weighted by Crippen LogP contribution is 2.15. The van der Waals surface area contributed by atoms with Crippen LogP contribution in [0.25, 0.3) is 0 Å². The second-order valence-electron chi connectivity index (χ2n) is 5.31. The third-order valence-corrected chi connectivity index (χ3v) is 3.43. The summed E-state index contributed by atoms with van der Waals surface area (Å²) >= 11 is 0. The predicted octanol–water partition coefficient (Wildman–Crippen LogP) is 1.24. The normalized spacial score (nSPS) is 11.8. The second-order valence-corrected chi connectivity index (χ2v) is 5.31. The van der Waals surface area contributed by atoms with E-state index >= 15 is 0 Å². The molecule has 0 bridgehead atoms. The number of hydrogen-bond acceptors (Lipinski definition) is 2. The molecule has 0 aliphatic heterocycles. The molecule has 0 saturated carbocycles. The van der Waals surface area contributed by atoms with E-state index in [1.807, 2.05) is 13.8 Å². The first-order valence-corrected chi connectivity index (χ1v) is 5.88. The Morgan fingerprint density at radius 3 is 2.47 bits per heavy atom. The van der Waals surface area contributed by atoms with Crippen LogP contribution in [0.15, 0.2) is 6.07 Å². The Hall–Kier alpha value is -1.29. The van der Waals surface area contributed by atoms with E-state index in [9.17, 15) is 4.79 Å². The van der Waals surface area contributed by atoms with Crippen LogP contribution in [0.2, 0.25) is 0 Å². The van der Waals surface area contributed by atoms with Gasteiger partial charge in [0, 0.05) is 31.5 Å². The Morgan fingerprint density at radius 1 is 1.47 bits per heavy atom. The molecule has 1 amide bonds. The van der Waals surface area contributed by atoms with Crippen molar-refractivity contribution in [1.82, 2.24) is 9.88 Å². The molecule has 1 aromatic rings. The van der Waals surface area contributed by atoms with Crippen LogP contribution in [0, 0.1) is 19.3 Å². The fourth-order valence-corrected chi connectivity index (χ4v) is 1.71. The van der Waals surface area contributed by atoms with Crippen molar-refractivity contribution < 1.29 is 4.79 Å². The van der Waals surface area contributed by atoms with E-state index in [4.69, 9.17) is 5.73 Å². The summed E-state index contributed by atoms with van der Waals surface area (Å²) < 4.78 is 2.16. The summed E-state index contributed by atoms with van der Waals surface area (Å²) in [5.74, 6) is -0.272. The molecule has 0 aromatic carbocycles. The van der Waals surface area contributed by atoms with Gasteiger partial charge < -0.3 is 15.6 Å². The van der Waals surface area contributed by atoms with Crippen molar-refractivity contribution in [3.05, 3.63) is 23.0 Å². The van der Waals surface area contributed by atoms with Crippen LogP contribution in [0.5, 0.6) is 0 Å². The summed E-state index contributed by atoms with van der Waals surface area (Å²) in [6, 6.07) is 2.17. The Morgan fingerprint density at radius 2 is 2.06 bits per heavy atom. The first-order chi connectivity index (χ1) is 7.75. The highest BCUT2D eigenvalue weighted by Gasteiger charge is 2.24. The summed E-state index contributed by atoms with van der Waals surface area (Å²) in [5, 5.41) is 3.29. The number of amides is 1. The van der Waals surface area contributed by atoms with Gasteiger partial charge in [-0.3, -0.25) is 4.79 Å². The quantitative estimate of drug-likeness (QED) is 0.809. The summed E-state index contributed by atoms with van der Waals surface area (Å²) in [6.45, 7) is 9.25. The van der Waals surface area contributed by atoms with E-state index in [1.54, 1.807) is 0 Å². The SMILES string of the molecule is Cc1cc(CNCC(C)(C)C(N)=O)c(C)n1C. The second kappa shape index (κ2) is 4.92. The summed E-state index contributed by atoms with van der Waals surface area (Å²) in [4.78, 5) is 11.2. The van der Waals surface area contributed by atoms with E-state index in [1.165, 1.54) is 17.0 Å². The molecule has 17 heavy (non-hydrogen) atoms. The molecule has 0 aliphatic carbocycles. The number of nitrogens with two attached hydrogens (primary N) is 1. The molecule has 0 radical (unpaired) electrons. The Kier molecular flexibility index (Phi) is 3.98. The zero-order valence-electron chi connectivity index (χ0n) is 11.4. The Labute approximate surface area is 103 Å². The lowest BCUT2D eigenvalue weighted by Gasteiger charge is -2.20. The molecular weight excluding hydrogens is 214 g/mol. The monoisotopic (exact) mass is 237 g/mol. The zero-order chi connectivity index (χ0) is 13.2. The Balaban J connectivity index is 2.57. The molecule has 1 aromatic heterocycles. The van der Waals surface area contributed by atoms with Crippen molar-refractivity contribution >= 4 is 5.91 Å². The predicted molar refractivity (Wildman–Crippen MR) is 69.6 cm³/mol. The molecule has 4 heteroatoms. The van der Waals surface area contributed by atoms with Crippen LogP contribution in [0.1, 0.15) is 30.8 Å². The first kappa shape index (κ1) is 13.8. The van der Waals surface area contributed by atoms with Crippen LogP contribution in [0.4, 0.5) is 0 Å². The minimum Gasteiger partial charge on any atom is -0.369 e. The van der Waals surface area contributed by atoms with Gasteiger partial charge in [0.05, 0.1) is 5.41 Å². The number of carbonyl (C=O) groups excluding carboxylic acids is 1. The molecule has 0 unspecified atom stereocenters. The summed E-state index contributed by atoms with van der Waals surface area (Å²) in [7, 11) is 2.06. The van der Waals surface area contributed by atoms with Gasteiger partial charge >= 0.3 is 0 Å². The van der Waals surface area contributed by atoms with Crippen molar-refractivity contribution in [1.29, 1.82) is 0 Å². The average Bonchev–Trinajstić information content (AvgIpc) is 2.46. The highest BCUT2D eigenvalue weighted by molar-refractivity contribution is 5.80. The van der Waals surface area contributed by atoms with E-state index in [-0.39, 0.29) is 5.91 Å². The molecule has 3 N–H and O–H groups in total. The lowest BCUT2D eigenvalue weighted by molar-refractivity contribution is -0.125. The zero-order valence-corrected chi connectivity index (χ0v) is 11.4. The van der Waals surface area contributed by atoms with Crippen LogP contribution in [-0.4, -0.2) is 17.0 Å². The molecule has 96 valence electrons. The number of nitrogens with zero attached hydrogens (tertiary/aromatic N) is 1. The maximum Gasteiger partial charge on any atom is 0.224 e. The third kappa shape index (κ3) is 3.09. The van der Waals surface area contributed by atoms with Gasteiger partial charge in [0.15, 0.2) is 0 Å². The molecule has 0 spiro atoms. The molecule has 0 atom stereocenters. The average molecular weight is 237 g/mol. The van der Waals surface area contributed by atoms with Gasteiger partial charge in [0.2, 0.25) is 5.91 Å². The number of hydrogen-bond donors (Lipinski definition) is 2. The fraction of sp³-hybridized carbons (Fsp3) is 0.615. The van der Waals surface area contributed by atoms with Gasteiger partial charge in [0.25, 0.3) is 0 Å². The minimum absolute atomic E-state index is 0.272. The number of nitrogens with one attached hydrogen (secondary N) is 1. The largest absolute Gasteiger partial charge is 0.369 e. The smallest absolute Gasteiger partial charge is 0.224 e. The van der Waals surface area contributed by atoms with Crippen molar-refractivity contribution in [2.24, 2.45) is 18.2 Å². The molecule has 0 aliphatic rings. The Bertz CT molecular complexity index is 419. The molecule has 1 heterocycles. The lowest BCUT2D eigenvalue weighted by atomic mass is 9.93. The van der Waals surface area contributed by atoms with Gasteiger partial charge in [0.1, 0.15) is 0 Å². The molecule has 1 rings (SSSR count). The van der Waals surface area contributed by atoms with E-state index < -0.39 is 5.41 Å². The number of aryl methyl sites for hydroxylation is 1. The van der Waals surface area contributed by atoms with Gasteiger partial charge in [-0.25, -0.2) is 0 Å². The van der Waals surface area contributed by atoms with Crippen molar-refractivity contribution in [3.8, 4) is 0 Å². The van der Waals surface area contributed by atoms with E-state index in [0.717, 1.165) is 6.54 Å². The molecule has 4 nitrogen and oxygen atoms in total. The third-order valence-electron chi connectivity index (χ3n) is 3.43. The van der Waals surface area contributed by atoms with Gasteiger partial charge in [-0.1, -0.05) is 0 Å². The van der Waals surface area contributed by atoms with Gasteiger partial charge in [-0.05, 0) is 39.3 Å². The van der Waals surface area contributed by atoms with E-state index in [2.05, 4.69) is 36.8 Å². The first-order valence-electron chi connectivity index (χ1n) is 5.88. The summed E-state index contributed by atoms with van der Waals surface area (Å²) in [5.41, 5.74) is 8.59. The minimum atomic E-state index is -0.502. The van der Waals surface area contributed by atoms with Crippen LogP contribution < -0.4 is 11.1 Å². The maximum absolute atomic E-state index is 11.2. The number of rotatable bonds is 5. The van der Waals surface area contributed by atoms with Gasteiger partial charge in [-0.15, -0.1) is 0 Å². The highest BCUT2D eigenvalue weighted by atomic mass is 16.1. The topological polar surface area (TPSA) is 60.0 Å². The van der Waals surface area contributed by atoms with Crippen molar-refractivity contribution in [2.45, 2.75) is 34.2 Å². The maximum atomic E-state index is 11.2. The number of carbonyl (C=O) groups is 1.